The van der Waals surface area contributed by atoms with Gasteiger partial charge >= 0.3 is 0 Å². The van der Waals surface area contributed by atoms with E-state index in [9.17, 15) is 9.59 Å². The minimum Gasteiger partial charge on any atom is -0.493 e. The third-order valence-electron chi connectivity index (χ3n) is 6.57. The molecule has 0 spiro atoms. The van der Waals surface area contributed by atoms with Gasteiger partial charge in [-0.3, -0.25) is 14.6 Å². The number of halogens is 2. The third-order valence-corrected chi connectivity index (χ3v) is 7.20. The van der Waals surface area contributed by atoms with Crippen molar-refractivity contribution in [3.8, 4) is 17.2 Å². The summed E-state index contributed by atoms with van der Waals surface area (Å²) in [6.07, 6.45) is 5.67. The summed E-state index contributed by atoms with van der Waals surface area (Å²) >= 11 is 12.3. The third kappa shape index (κ3) is 5.86. The number of aliphatic imine (C=N–C) groups is 1. The zero-order valence-corrected chi connectivity index (χ0v) is 23.8. The molecule has 3 N–H and O–H groups in total. The van der Waals surface area contributed by atoms with E-state index in [4.69, 9.17) is 42.4 Å². The molecule has 2 aliphatic rings. The van der Waals surface area contributed by atoms with Gasteiger partial charge in [0.2, 0.25) is 5.75 Å². The molecule has 210 valence electrons. The second-order valence-corrected chi connectivity index (χ2v) is 9.93. The lowest BCUT2D eigenvalue weighted by molar-refractivity contribution is 0.0965. The zero-order valence-electron chi connectivity index (χ0n) is 22.3. The Labute approximate surface area is 246 Å². The van der Waals surface area contributed by atoms with E-state index >= 15 is 0 Å². The Kier molecular flexibility index (Phi) is 8.19. The maximum absolute atomic E-state index is 13.0. The number of hydrogen-bond acceptors (Lipinski definition) is 7. The van der Waals surface area contributed by atoms with Crippen molar-refractivity contribution < 1.29 is 23.8 Å². The molecule has 0 radical (unpaired) electrons. The predicted octanol–water partition coefficient (Wildman–Crippen LogP) is 5.24. The maximum atomic E-state index is 13.0. The topological polar surface area (TPSA) is 110 Å². The molecule has 0 bridgehead atoms. The van der Waals surface area contributed by atoms with Gasteiger partial charge in [0.15, 0.2) is 11.5 Å². The van der Waals surface area contributed by atoms with Crippen molar-refractivity contribution in [2.24, 2.45) is 4.99 Å². The highest BCUT2D eigenvalue weighted by Gasteiger charge is 2.29. The van der Waals surface area contributed by atoms with Gasteiger partial charge in [-0.1, -0.05) is 35.3 Å². The first kappa shape index (κ1) is 28.1. The first-order valence-corrected chi connectivity index (χ1v) is 13.3. The predicted molar refractivity (Wildman–Crippen MR) is 159 cm³/mol. The van der Waals surface area contributed by atoms with Crippen molar-refractivity contribution in [1.82, 2.24) is 10.6 Å². The Balaban J connectivity index is 1.24. The molecule has 2 atom stereocenters. The highest BCUT2D eigenvalue weighted by atomic mass is 35.5. The lowest BCUT2D eigenvalue weighted by Gasteiger charge is -2.19. The molecule has 3 aromatic carbocycles. The first-order chi connectivity index (χ1) is 19.8. The molecule has 1 aliphatic carbocycles. The van der Waals surface area contributed by atoms with Gasteiger partial charge < -0.3 is 30.2 Å². The van der Waals surface area contributed by atoms with Crippen molar-refractivity contribution in [3.63, 3.8) is 0 Å². The summed E-state index contributed by atoms with van der Waals surface area (Å²) < 4.78 is 16.0. The summed E-state index contributed by atoms with van der Waals surface area (Å²) in [4.78, 5) is 30.5. The highest BCUT2D eigenvalue weighted by Crippen LogP contribution is 2.38. The number of hydrogen-bond donors (Lipinski definition) is 3. The summed E-state index contributed by atoms with van der Waals surface area (Å²) in [6.45, 7) is 0. The molecule has 0 aromatic heterocycles. The molecule has 5 rings (SSSR count). The molecule has 11 heteroatoms. The molecule has 0 saturated heterocycles. The summed E-state index contributed by atoms with van der Waals surface area (Å²) in [7, 11) is 4.49. The molecule has 41 heavy (non-hydrogen) atoms. The number of fused-ring (bicyclic) bond motifs is 1. The molecule has 2 amide bonds. The van der Waals surface area contributed by atoms with E-state index in [0.717, 1.165) is 5.56 Å². The van der Waals surface area contributed by atoms with Crippen molar-refractivity contribution >= 4 is 46.5 Å². The number of benzene rings is 3. The molecular weight excluding hydrogens is 567 g/mol. The van der Waals surface area contributed by atoms with Crippen LogP contribution < -0.4 is 30.2 Å². The minimum absolute atomic E-state index is 0.131. The fourth-order valence-electron chi connectivity index (χ4n) is 4.54. The van der Waals surface area contributed by atoms with Crippen molar-refractivity contribution in [1.29, 1.82) is 0 Å². The average Bonchev–Trinajstić information content (AvgIpc) is 3.40. The SMILES string of the molecule is COc1cc(C(=O)NC2=CC3NC(c4ccc(NC(=O)c5c(Cl)cccc5Cl)cc4)=NC3C=C2)cc(OC)c1OC. The van der Waals surface area contributed by atoms with Crippen LogP contribution in [0.15, 0.2) is 83.5 Å². The second kappa shape index (κ2) is 12.0. The number of ether oxygens (including phenoxy) is 3. The van der Waals surface area contributed by atoms with Crippen LogP contribution >= 0.6 is 23.2 Å². The van der Waals surface area contributed by atoms with E-state index in [1.54, 1.807) is 42.5 Å². The van der Waals surface area contributed by atoms with E-state index < -0.39 is 5.91 Å². The monoisotopic (exact) mass is 592 g/mol. The van der Waals surface area contributed by atoms with Crippen LogP contribution in [-0.4, -0.2) is 51.1 Å². The molecule has 0 fully saturated rings. The van der Waals surface area contributed by atoms with E-state index in [2.05, 4.69) is 16.0 Å². The summed E-state index contributed by atoms with van der Waals surface area (Å²) in [6, 6.07) is 15.1. The van der Waals surface area contributed by atoms with Crippen molar-refractivity contribution in [3.05, 3.63) is 105 Å². The van der Waals surface area contributed by atoms with E-state index in [1.807, 2.05) is 30.4 Å². The Hall–Kier alpha value is -4.47. The zero-order chi connectivity index (χ0) is 29.1. The van der Waals surface area contributed by atoms with Crippen LogP contribution in [-0.2, 0) is 0 Å². The lowest BCUT2D eigenvalue weighted by Crippen LogP contribution is -2.36. The number of allylic oxidation sites excluding steroid dienone is 1. The number of rotatable bonds is 8. The van der Waals surface area contributed by atoms with Gasteiger partial charge in [-0.25, -0.2) is 0 Å². The van der Waals surface area contributed by atoms with Gasteiger partial charge in [-0.05, 0) is 60.7 Å². The number of amidine groups is 1. The number of carbonyl (C=O) groups excluding carboxylic acids is 2. The molecule has 1 heterocycles. The quantitative estimate of drug-likeness (QED) is 0.330. The Morgan fingerprint density at radius 2 is 1.54 bits per heavy atom. The van der Waals surface area contributed by atoms with Gasteiger partial charge in [0, 0.05) is 22.5 Å². The van der Waals surface area contributed by atoms with Gasteiger partial charge in [0.1, 0.15) is 5.84 Å². The highest BCUT2D eigenvalue weighted by molar-refractivity contribution is 6.40. The first-order valence-electron chi connectivity index (χ1n) is 12.5. The average molecular weight is 593 g/mol. The molecule has 9 nitrogen and oxygen atoms in total. The second-order valence-electron chi connectivity index (χ2n) is 9.12. The number of methoxy groups -OCH3 is 3. The number of amides is 2. The van der Waals surface area contributed by atoms with Crippen LogP contribution in [0.5, 0.6) is 17.2 Å². The van der Waals surface area contributed by atoms with Gasteiger partial charge in [0.25, 0.3) is 11.8 Å². The van der Waals surface area contributed by atoms with Crippen molar-refractivity contribution in [2.75, 3.05) is 26.6 Å². The van der Waals surface area contributed by atoms with Crippen LogP contribution in [0.2, 0.25) is 10.0 Å². The Morgan fingerprint density at radius 1 is 0.878 bits per heavy atom. The van der Waals surface area contributed by atoms with Gasteiger partial charge in [0.05, 0.1) is 49.0 Å². The summed E-state index contributed by atoms with van der Waals surface area (Å²) in [5.74, 6) is 1.16. The van der Waals surface area contributed by atoms with Crippen LogP contribution in [0.25, 0.3) is 0 Å². The summed E-state index contributed by atoms with van der Waals surface area (Å²) in [5, 5.41) is 9.69. The van der Waals surface area contributed by atoms with E-state index in [1.165, 1.54) is 21.3 Å². The van der Waals surface area contributed by atoms with Crippen LogP contribution in [0, 0.1) is 0 Å². The normalized spacial score (nSPS) is 17.0. The molecule has 0 saturated carbocycles. The Morgan fingerprint density at radius 3 is 2.15 bits per heavy atom. The van der Waals surface area contributed by atoms with E-state index in [-0.39, 0.29) is 33.6 Å². The Bertz CT molecular complexity index is 1560. The van der Waals surface area contributed by atoms with Gasteiger partial charge in [-0.15, -0.1) is 0 Å². The standard InChI is InChI=1S/C30H26Cl2N4O5/c1-39-24-13-17(14-25(40-2)27(24)41-3)29(37)34-19-11-12-22-23(15-19)36-28(35-22)16-7-9-18(10-8-16)33-30(38)26-20(31)5-4-6-21(26)32/h4-15,22-23H,1-3H3,(H,33,38)(H,34,37)(H,35,36). The van der Waals surface area contributed by atoms with Crippen molar-refractivity contribution in [2.45, 2.75) is 12.1 Å². The molecule has 2 unspecified atom stereocenters. The smallest absolute Gasteiger partial charge is 0.258 e. The summed E-state index contributed by atoms with van der Waals surface area (Å²) in [5.41, 5.74) is 2.64. The maximum Gasteiger partial charge on any atom is 0.258 e. The number of carbonyl (C=O) groups is 2. The largest absolute Gasteiger partial charge is 0.493 e. The minimum atomic E-state index is -0.396. The van der Waals surface area contributed by atoms with Crippen LogP contribution in [0.1, 0.15) is 26.3 Å². The van der Waals surface area contributed by atoms with E-state index in [0.29, 0.717) is 40.0 Å². The molecule has 3 aromatic rings. The van der Waals surface area contributed by atoms with Crippen LogP contribution in [0.4, 0.5) is 5.69 Å². The number of nitrogens with zero attached hydrogens (tertiary/aromatic N) is 1. The fourth-order valence-corrected chi connectivity index (χ4v) is 5.11. The van der Waals surface area contributed by atoms with Gasteiger partial charge in [-0.2, -0.15) is 0 Å². The number of anilines is 1. The molecule has 1 aliphatic heterocycles. The van der Waals surface area contributed by atoms with Crippen LogP contribution in [0.3, 0.4) is 0 Å². The number of nitrogens with one attached hydrogen (secondary N) is 3. The molecular formula is C30H26Cl2N4O5. The fraction of sp³-hybridized carbons (Fsp3) is 0.167. The lowest BCUT2D eigenvalue weighted by atomic mass is 10.0.